The molecule has 0 bridgehead atoms. The Bertz CT molecular complexity index is 278. The quantitative estimate of drug-likeness (QED) is 0.650. The van der Waals surface area contributed by atoms with Crippen LogP contribution in [0.4, 0.5) is 0 Å². The van der Waals surface area contributed by atoms with Crippen molar-refractivity contribution >= 4 is 13.0 Å². The zero-order valence-corrected chi connectivity index (χ0v) is 14.1. The summed E-state index contributed by atoms with van der Waals surface area (Å²) in [6, 6.07) is 0. The standard InChI is InChI=1S/C16H33BO/c1-12(15(5,6)7)10-16(8,9)17-13(18)11-14(2,3)4/h12,17H,10-11H2,1-9H3. The van der Waals surface area contributed by atoms with Gasteiger partial charge in [-0.1, -0.05) is 74.0 Å². The van der Waals surface area contributed by atoms with E-state index in [0.29, 0.717) is 30.7 Å². The van der Waals surface area contributed by atoms with E-state index in [-0.39, 0.29) is 10.7 Å². The Morgan fingerprint density at radius 3 is 1.78 bits per heavy atom. The van der Waals surface area contributed by atoms with Crippen LogP contribution in [0.15, 0.2) is 0 Å². The second-order valence-electron chi connectivity index (χ2n) is 9.09. The minimum atomic E-state index is 0.114. The Balaban J connectivity index is 4.44. The predicted molar refractivity (Wildman–Crippen MR) is 83.5 cm³/mol. The van der Waals surface area contributed by atoms with Crippen LogP contribution in [0.2, 0.25) is 5.31 Å². The number of hydrogen-bond donors (Lipinski definition) is 0. The predicted octanol–water partition coefficient (Wildman–Crippen LogP) is 4.66. The van der Waals surface area contributed by atoms with E-state index < -0.39 is 0 Å². The summed E-state index contributed by atoms with van der Waals surface area (Å²) >= 11 is 0. The molecule has 0 amide bonds. The summed E-state index contributed by atoms with van der Waals surface area (Å²) in [4.78, 5) is 12.1. The normalized spacial score (nSPS) is 15.4. The van der Waals surface area contributed by atoms with Crippen LogP contribution in [0.3, 0.4) is 0 Å². The van der Waals surface area contributed by atoms with Crippen LogP contribution in [0.1, 0.15) is 75.2 Å². The smallest absolute Gasteiger partial charge is 0.211 e. The number of carbonyl (C=O) groups is 1. The van der Waals surface area contributed by atoms with Crippen molar-refractivity contribution in [3.63, 3.8) is 0 Å². The molecule has 0 fully saturated rings. The highest BCUT2D eigenvalue weighted by Gasteiger charge is 2.31. The van der Waals surface area contributed by atoms with Gasteiger partial charge in [0.15, 0.2) is 0 Å². The molecule has 1 unspecified atom stereocenters. The van der Waals surface area contributed by atoms with Crippen molar-refractivity contribution < 1.29 is 4.79 Å². The Kier molecular flexibility index (Phi) is 5.71. The average Bonchev–Trinajstić information content (AvgIpc) is 1.94. The summed E-state index contributed by atoms with van der Waals surface area (Å²) < 4.78 is 0. The van der Waals surface area contributed by atoms with Crippen molar-refractivity contribution in [3.05, 3.63) is 0 Å². The van der Waals surface area contributed by atoms with Crippen molar-refractivity contribution in [3.8, 4) is 0 Å². The molecule has 0 saturated heterocycles. The monoisotopic (exact) mass is 252 g/mol. The second kappa shape index (κ2) is 5.80. The van der Waals surface area contributed by atoms with Gasteiger partial charge in [-0.2, -0.15) is 0 Å². The molecule has 18 heavy (non-hydrogen) atoms. The Hall–Kier alpha value is -0.265. The summed E-state index contributed by atoms with van der Waals surface area (Å²) in [5.74, 6) is 0.634. The fourth-order valence-electron chi connectivity index (χ4n) is 2.39. The van der Waals surface area contributed by atoms with Gasteiger partial charge in [0, 0.05) is 6.42 Å². The summed E-state index contributed by atoms with van der Waals surface area (Å²) in [5, 5.41) is 0.120. The van der Waals surface area contributed by atoms with Gasteiger partial charge in [0.05, 0.1) is 5.68 Å². The van der Waals surface area contributed by atoms with Gasteiger partial charge in [-0.3, -0.25) is 0 Å². The zero-order valence-electron chi connectivity index (χ0n) is 14.1. The molecule has 2 heteroatoms. The third kappa shape index (κ3) is 7.95. The van der Waals surface area contributed by atoms with Crippen molar-refractivity contribution in [1.82, 2.24) is 0 Å². The molecule has 0 rings (SSSR count). The van der Waals surface area contributed by atoms with Crippen LogP contribution in [0.25, 0.3) is 0 Å². The second-order valence-corrected chi connectivity index (χ2v) is 9.09. The van der Waals surface area contributed by atoms with E-state index in [9.17, 15) is 4.79 Å². The maximum absolute atomic E-state index is 12.1. The van der Waals surface area contributed by atoms with Gasteiger partial charge >= 0.3 is 0 Å². The first-order valence-corrected chi connectivity index (χ1v) is 7.25. The molecule has 0 aliphatic carbocycles. The number of hydrogen-bond acceptors (Lipinski definition) is 1. The summed E-state index contributed by atoms with van der Waals surface area (Å²) in [7, 11) is 0.713. The van der Waals surface area contributed by atoms with E-state index >= 15 is 0 Å². The number of carbonyl (C=O) groups excluding carboxylic acids is 1. The fraction of sp³-hybridized carbons (Fsp3) is 0.938. The average molecular weight is 252 g/mol. The van der Waals surface area contributed by atoms with Crippen molar-refractivity contribution in [2.24, 2.45) is 16.7 Å². The molecule has 0 saturated carbocycles. The minimum Gasteiger partial charge on any atom is -0.312 e. The largest absolute Gasteiger partial charge is 0.312 e. The molecule has 1 atom stereocenters. The Labute approximate surface area is 115 Å². The lowest BCUT2D eigenvalue weighted by molar-refractivity contribution is -0.113. The first-order valence-electron chi connectivity index (χ1n) is 7.25. The molecule has 0 aromatic carbocycles. The molecule has 0 spiro atoms. The van der Waals surface area contributed by atoms with Gasteiger partial charge in [-0.05, 0) is 16.7 Å². The van der Waals surface area contributed by atoms with Crippen LogP contribution in [-0.4, -0.2) is 13.0 Å². The third-order valence-electron chi connectivity index (χ3n) is 3.74. The molecule has 0 aromatic heterocycles. The number of rotatable bonds is 5. The van der Waals surface area contributed by atoms with Crippen LogP contribution in [0.5, 0.6) is 0 Å². The van der Waals surface area contributed by atoms with Crippen molar-refractivity contribution in [1.29, 1.82) is 0 Å². The zero-order chi connectivity index (χ0) is 14.8. The maximum atomic E-state index is 12.1. The van der Waals surface area contributed by atoms with Gasteiger partial charge in [0.2, 0.25) is 7.28 Å². The third-order valence-corrected chi connectivity index (χ3v) is 3.74. The maximum Gasteiger partial charge on any atom is 0.211 e. The van der Waals surface area contributed by atoms with E-state index in [4.69, 9.17) is 0 Å². The topological polar surface area (TPSA) is 17.1 Å². The summed E-state index contributed by atoms with van der Waals surface area (Å²) in [5.41, 5.74) is 0.848. The Morgan fingerprint density at radius 2 is 1.44 bits per heavy atom. The fourth-order valence-corrected chi connectivity index (χ4v) is 2.39. The van der Waals surface area contributed by atoms with Crippen LogP contribution >= 0.6 is 0 Å². The van der Waals surface area contributed by atoms with E-state index in [1.165, 1.54) is 0 Å². The summed E-state index contributed by atoms with van der Waals surface area (Å²) in [6.45, 7) is 20.0. The highest BCUT2D eigenvalue weighted by Crippen LogP contribution is 2.39. The van der Waals surface area contributed by atoms with Crippen molar-refractivity contribution in [2.45, 2.75) is 80.5 Å². The van der Waals surface area contributed by atoms with E-state index in [1.807, 2.05) is 0 Å². The van der Waals surface area contributed by atoms with E-state index in [2.05, 4.69) is 62.3 Å². The molecule has 0 N–H and O–H groups in total. The molecule has 0 aliphatic rings. The van der Waals surface area contributed by atoms with Crippen molar-refractivity contribution in [2.75, 3.05) is 0 Å². The SMILES string of the molecule is CC(CC(C)(C)BC(=O)CC(C)(C)C)C(C)(C)C. The van der Waals surface area contributed by atoms with Gasteiger partial charge in [-0.25, -0.2) is 0 Å². The van der Waals surface area contributed by atoms with Gasteiger partial charge < -0.3 is 4.79 Å². The lowest BCUT2D eigenvalue weighted by Crippen LogP contribution is -2.30. The van der Waals surface area contributed by atoms with Crippen LogP contribution < -0.4 is 0 Å². The van der Waals surface area contributed by atoms with Crippen LogP contribution in [-0.2, 0) is 4.79 Å². The molecular formula is C16H33BO. The lowest BCUT2D eigenvalue weighted by Gasteiger charge is -2.34. The molecule has 1 nitrogen and oxygen atoms in total. The first kappa shape index (κ1) is 17.7. The van der Waals surface area contributed by atoms with Gasteiger partial charge in [-0.15, -0.1) is 0 Å². The first-order chi connectivity index (χ1) is 7.73. The highest BCUT2D eigenvalue weighted by molar-refractivity contribution is 6.76. The molecule has 0 heterocycles. The Morgan fingerprint density at radius 1 is 1.00 bits per heavy atom. The molecule has 0 radical (unpaired) electrons. The lowest BCUT2D eigenvalue weighted by atomic mass is 9.47. The van der Waals surface area contributed by atoms with Crippen LogP contribution in [0, 0.1) is 16.7 Å². The van der Waals surface area contributed by atoms with Gasteiger partial charge in [0.1, 0.15) is 0 Å². The molecule has 0 aromatic rings. The van der Waals surface area contributed by atoms with Gasteiger partial charge in [0.25, 0.3) is 0 Å². The van der Waals surface area contributed by atoms with E-state index in [1.54, 1.807) is 0 Å². The molecular weight excluding hydrogens is 219 g/mol. The highest BCUT2D eigenvalue weighted by atomic mass is 16.1. The molecule has 106 valence electrons. The minimum absolute atomic E-state index is 0.114. The summed E-state index contributed by atoms with van der Waals surface area (Å²) in [6.07, 6.45) is 1.81. The van der Waals surface area contributed by atoms with E-state index in [0.717, 1.165) is 6.42 Å². The molecule has 0 aliphatic heterocycles.